The van der Waals surface area contributed by atoms with Crippen molar-refractivity contribution in [1.82, 2.24) is 10.2 Å². The lowest BCUT2D eigenvalue weighted by Crippen LogP contribution is -2.40. The van der Waals surface area contributed by atoms with E-state index in [0.29, 0.717) is 17.9 Å². The molecule has 2 aliphatic rings. The van der Waals surface area contributed by atoms with E-state index in [2.05, 4.69) is 31.0 Å². The predicted octanol–water partition coefficient (Wildman–Crippen LogP) is 2.94. The quantitative estimate of drug-likeness (QED) is 0.914. The van der Waals surface area contributed by atoms with Crippen LogP contribution in [-0.4, -0.2) is 23.0 Å². The Hall–Kier alpha value is -1.35. The Balaban J connectivity index is 1.83. The summed E-state index contributed by atoms with van der Waals surface area (Å²) >= 11 is 0. The highest BCUT2D eigenvalue weighted by Crippen LogP contribution is 2.41. The number of benzene rings is 1. The molecule has 1 aromatic rings. The molecule has 1 amide bonds. The van der Waals surface area contributed by atoms with Gasteiger partial charge in [-0.1, -0.05) is 51.1 Å². The van der Waals surface area contributed by atoms with E-state index in [4.69, 9.17) is 0 Å². The van der Waals surface area contributed by atoms with Crippen LogP contribution in [0.1, 0.15) is 45.2 Å². The van der Waals surface area contributed by atoms with Crippen molar-refractivity contribution >= 4 is 5.91 Å². The predicted molar refractivity (Wildman–Crippen MR) is 80.0 cm³/mol. The van der Waals surface area contributed by atoms with E-state index in [1.807, 2.05) is 30.3 Å². The molecule has 2 fully saturated rings. The highest BCUT2D eigenvalue weighted by atomic mass is 16.2. The van der Waals surface area contributed by atoms with Crippen molar-refractivity contribution in [1.29, 1.82) is 0 Å². The summed E-state index contributed by atoms with van der Waals surface area (Å²) in [6.07, 6.45) is 2.38. The van der Waals surface area contributed by atoms with Crippen LogP contribution >= 0.6 is 0 Å². The molecule has 0 radical (unpaired) electrons. The molecule has 1 aliphatic carbocycles. The molecule has 0 aromatic heterocycles. The third-order valence-electron chi connectivity index (χ3n) is 4.45. The van der Waals surface area contributed by atoms with Gasteiger partial charge < -0.3 is 4.90 Å². The van der Waals surface area contributed by atoms with Gasteiger partial charge >= 0.3 is 0 Å². The van der Waals surface area contributed by atoms with E-state index in [0.717, 1.165) is 18.4 Å². The van der Waals surface area contributed by atoms with Crippen LogP contribution in [0.5, 0.6) is 0 Å². The number of rotatable bonds is 4. The average molecular weight is 272 g/mol. The minimum atomic E-state index is -0.159. The topological polar surface area (TPSA) is 32.3 Å². The number of nitrogens with one attached hydrogen (secondary N) is 1. The zero-order valence-electron chi connectivity index (χ0n) is 12.5. The first-order valence-corrected chi connectivity index (χ1v) is 7.71. The zero-order chi connectivity index (χ0) is 14.3. The Kier molecular flexibility index (Phi) is 3.55. The van der Waals surface area contributed by atoms with Crippen LogP contribution in [0.2, 0.25) is 0 Å². The molecule has 4 unspecified atom stereocenters. The molecule has 4 atom stereocenters. The highest BCUT2D eigenvalue weighted by molar-refractivity contribution is 5.86. The van der Waals surface area contributed by atoms with Crippen molar-refractivity contribution in [2.45, 2.75) is 51.9 Å². The molecule has 0 bridgehead atoms. The molecule has 3 nitrogen and oxygen atoms in total. The number of nitrogens with zero attached hydrogens (tertiary/aromatic N) is 1. The summed E-state index contributed by atoms with van der Waals surface area (Å²) < 4.78 is 0. The van der Waals surface area contributed by atoms with Crippen LogP contribution in [0.15, 0.2) is 30.3 Å². The molecule has 1 saturated carbocycles. The third-order valence-corrected chi connectivity index (χ3v) is 4.45. The van der Waals surface area contributed by atoms with Gasteiger partial charge in [0.1, 0.15) is 6.04 Å². The standard InChI is InChI=1S/C17H24N2O/c1-11(2)9-15-18-16(13-7-5-4-6-8-13)17(20)19(15)14-10-12(14)3/h4-8,11-12,14-16,18H,9-10H2,1-3H3. The smallest absolute Gasteiger partial charge is 0.245 e. The van der Waals surface area contributed by atoms with Crippen LogP contribution < -0.4 is 5.32 Å². The molecule has 3 rings (SSSR count). The van der Waals surface area contributed by atoms with E-state index in [1.54, 1.807) is 0 Å². The van der Waals surface area contributed by atoms with Crippen molar-refractivity contribution < 1.29 is 4.79 Å². The number of carbonyl (C=O) groups is 1. The fourth-order valence-corrected chi connectivity index (χ4v) is 3.24. The molecule has 1 aliphatic heterocycles. The summed E-state index contributed by atoms with van der Waals surface area (Å²) in [5, 5.41) is 3.56. The van der Waals surface area contributed by atoms with E-state index in [-0.39, 0.29) is 18.1 Å². The molecule has 1 N–H and O–H groups in total. The van der Waals surface area contributed by atoms with E-state index in [9.17, 15) is 4.79 Å². The number of hydrogen-bond donors (Lipinski definition) is 1. The normalized spacial score (nSPS) is 33.0. The van der Waals surface area contributed by atoms with Crippen molar-refractivity contribution in [2.24, 2.45) is 11.8 Å². The lowest BCUT2D eigenvalue weighted by atomic mass is 10.1. The Morgan fingerprint density at radius 2 is 1.95 bits per heavy atom. The molecule has 0 spiro atoms. The van der Waals surface area contributed by atoms with Gasteiger partial charge in [-0.25, -0.2) is 0 Å². The SMILES string of the molecule is CC(C)CC1NC(c2ccccc2)C(=O)N1C1CC1C. The van der Waals surface area contributed by atoms with E-state index in [1.165, 1.54) is 0 Å². The maximum absolute atomic E-state index is 12.8. The van der Waals surface area contributed by atoms with Gasteiger partial charge in [0, 0.05) is 6.04 Å². The summed E-state index contributed by atoms with van der Waals surface area (Å²) in [6.45, 7) is 6.67. The van der Waals surface area contributed by atoms with Gasteiger partial charge in [-0.05, 0) is 30.2 Å². The molecule has 20 heavy (non-hydrogen) atoms. The van der Waals surface area contributed by atoms with Gasteiger partial charge in [0.25, 0.3) is 0 Å². The maximum Gasteiger partial charge on any atom is 0.245 e. The van der Waals surface area contributed by atoms with Gasteiger partial charge in [-0.15, -0.1) is 0 Å². The number of carbonyl (C=O) groups excluding carboxylic acids is 1. The van der Waals surface area contributed by atoms with Gasteiger partial charge in [0.15, 0.2) is 0 Å². The first-order valence-electron chi connectivity index (χ1n) is 7.71. The van der Waals surface area contributed by atoms with E-state index >= 15 is 0 Å². The zero-order valence-corrected chi connectivity index (χ0v) is 12.5. The summed E-state index contributed by atoms with van der Waals surface area (Å²) in [6, 6.07) is 10.4. The summed E-state index contributed by atoms with van der Waals surface area (Å²) in [7, 11) is 0. The van der Waals surface area contributed by atoms with Crippen LogP contribution in [0, 0.1) is 11.8 Å². The minimum Gasteiger partial charge on any atom is -0.322 e. The van der Waals surface area contributed by atoms with Gasteiger partial charge in [0.2, 0.25) is 5.91 Å². The number of amides is 1. The van der Waals surface area contributed by atoms with Crippen molar-refractivity contribution in [3.8, 4) is 0 Å². The van der Waals surface area contributed by atoms with Crippen LogP contribution in [0.25, 0.3) is 0 Å². The number of hydrogen-bond acceptors (Lipinski definition) is 2. The molecular weight excluding hydrogens is 248 g/mol. The van der Waals surface area contributed by atoms with Crippen molar-refractivity contribution in [3.05, 3.63) is 35.9 Å². The second-order valence-corrected chi connectivity index (χ2v) is 6.68. The molecule has 3 heteroatoms. The molecule has 1 heterocycles. The molecular formula is C17H24N2O. The monoisotopic (exact) mass is 272 g/mol. The largest absolute Gasteiger partial charge is 0.322 e. The molecule has 108 valence electrons. The third kappa shape index (κ3) is 2.47. The molecule has 1 saturated heterocycles. The van der Waals surface area contributed by atoms with Gasteiger partial charge in [0.05, 0.1) is 6.17 Å². The summed E-state index contributed by atoms with van der Waals surface area (Å²) in [5.74, 6) is 1.51. The fourth-order valence-electron chi connectivity index (χ4n) is 3.24. The molecule has 1 aromatic carbocycles. The summed E-state index contributed by atoms with van der Waals surface area (Å²) in [5.41, 5.74) is 1.09. The second-order valence-electron chi connectivity index (χ2n) is 6.68. The Morgan fingerprint density at radius 3 is 2.50 bits per heavy atom. The first kappa shape index (κ1) is 13.6. The Morgan fingerprint density at radius 1 is 1.30 bits per heavy atom. The fraction of sp³-hybridized carbons (Fsp3) is 0.588. The minimum absolute atomic E-state index is 0.159. The van der Waals surface area contributed by atoms with Gasteiger partial charge in [-0.2, -0.15) is 0 Å². The Labute approximate surface area is 121 Å². The van der Waals surface area contributed by atoms with Gasteiger partial charge in [-0.3, -0.25) is 10.1 Å². The summed E-state index contributed by atoms with van der Waals surface area (Å²) in [4.78, 5) is 14.9. The van der Waals surface area contributed by atoms with Crippen LogP contribution in [0.3, 0.4) is 0 Å². The highest BCUT2D eigenvalue weighted by Gasteiger charge is 2.50. The van der Waals surface area contributed by atoms with Crippen molar-refractivity contribution in [3.63, 3.8) is 0 Å². The maximum atomic E-state index is 12.8. The first-order chi connectivity index (χ1) is 9.58. The van der Waals surface area contributed by atoms with E-state index < -0.39 is 0 Å². The average Bonchev–Trinajstić information content (AvgIpc) is 3.03. The van der Waals surface area contributed by atoms with Crippen LogP contribution in [-0.2, 0) is 4.79 Å². The lowest BCUT2D eigenvalue weighted by molar-refractivity contribution is -0.131. The second kappa shape index (κ2) is 5.21. The Bertz CT molecular complexity index is 485. The van der Waals surface area contributed by atoms with Crippen LogP contribution in [0.4, 0.5) is 0 Å². The van der Waals surface area contributed by atoms with Crippen molar-refractivity contribution in [2.75, 3.05) is 0 Å². The lowest BCUT2D eigenvalue weighted by Gasteiger charge is -2.25.